The summed E-state index contributed by atoms with van der Waals surface area (Å²) in [5, 5.41) is 3.35. The van der Waals surface area contributed by atoms with Crippen LogP contribution in [0, 0.1) is 5.92 Å². The van der Waals surface area contributed by atoms with Gasteiger partial charge in [-0.2, -0.15) is 0 Å². The smallest absolute Gasteiger partial charge is 0.222 e. The van der Waals surface area contributed by atoms with E-state index in [-0.39, 0.29) is 5.54 Å². The van der Waals surface area contributed by atoms with Crippen LogP contribution in [0.3, 0.4) is 0 Å². The number of likely N-dealkylation sites (tertiary alicyclic amines) is 1. The summed E-state index contributed by atoms with van der Waals surface area (Å²) in [5.41, 5.74) is 0.246. The van der Waals surface area contributed by atoms with E-state index in [0.29, 0.717) is 5.91 Å². The van der Waals surface area contributed by atoms with Crippen LogP contribution < -0.4 is 5.32 Å². The summed E-state index contributed by atoms with van der Waals surface area (Å²) in [6.45, 7) is 4.11. The van der Waals surface area contributed by atoms with Crippen molar-refractivity contribution in [3.8, 4) is 0 Å². The van der Waals surface area contributed by atoms with Crippen molar-refractivity contribution >= 4 is 5.91 Å². The Hall–Kier alpha value is -0.570. The van der Waals surface area contributed by atoms with Crippen molar-refractivity contribution in [3.05, 3.63) is 0 Å². The zero-order valence-corrected chi connectivity index (χ0v) is 9.88. The van der Waals surface area contributed by atoms with E-state index in [1.54, 1.807) is 0 Å². The Morgan fingerprint density at radius 1 is 1.40 bits per heavy atom. The highest BCUT2D eigenvalue weighted by Gasteiger charge is 2.32. The van der Waals surface area contributed by atoms with E-state index >= 15 is 0 Å². The van der Waals surface area contributed by atoms with Crippen LogP contribution in [-0.4, -0.2) is 36.5 Å². The Bertz CT molecular complexity index is 240. The van der Waals surface area contributed by atoms with Crippen LogP contribution in [0.1, 0.15) is 39.0 Å². The van der Waals surface area contributed by atoms with Crippen LogP contribution in [0.2, 0.25) is 0 Å². The summed E-state index contributed by atoms with van der Waals surface area (Å²) in [5.74, 6) is 1.10. The van der Waals surface area contributed by atoms with Crippen LogP contribution in [0.25, 0.3) is 0 Å². The molecule has 86 valence electrons. The molecule has 0 unspecified atom stereocenters. The normalized spacial score (nSPS) is 25.3. The largest absolute Gasteiger partial charge is 0.343 e. The molecule has 0 radical (unpaired) electrons. The van der Waals surface area contributed by atoms with E-state index < -0.39 is 0 Å². The van der Waals surface area contributed by atoms with Gasteiger partial charge < -0.3 is 10.2 Å². The molecule has 3 heteroatoms. The van der Waals surface area contributed by atoms with Crippen molar-refractivity contribution in [2.45, 2.75) is 44.6 Å². The lowest BCUT2D eigenvalue weighted by Gasteiger charge is -2.39. The minimum absolute atomic E-state index is 0.246. The molecule has 1 amide bonds. The van der Waals surface area contributed by atoms with E-state index in [1.807, 2.05) is 7.05 Å². The Morgan fingerprint density at radius 3 is 2.47 bits per heavy atom. The maximum absolute atomic E-state index is 11.9. The molecule has 1 aliphatic carbocycles. The number of hydrogen-bond donors (Lipinski definition) is 1. The third-order valence-corrected chi connectivity index (χ3v) is 3.98. The van der Waals surface area contributed by atoms with Gasteiger partial charge in [0.15, 0.2) is 0 Å². The van der Waals surface area contributed by atoms with Crippen LogP contribution in [0.15, 0.2) is 0 Å². The van der Waals surface area contributed by atoms with Gasteiger partial charge in [-0.25, -0.2) is 0 Å². The van der Waals surface area contributed by atoms with Gasteiger partial charge >= 0.3 is 0 Å². The third kappa shape index (κ3) is 2.71. The maximum atomic E-state index is 11.9. The molecule has 1 aliphatic heterocycles. The molecular weight excluding hydrogens is 188 g/mol. The fraction of sp³-hybridized carbons (Fsp3) is 0.917. The summed E-state index contributed by atoms with van der Waals surface area (Å²) in [6.07, 6.45) is 5.51. The first-order valence-electron chi connectivity index (χ1n) is 6.10. The second-order valence-corrected chi connectivity index (χ2v) is 5.34. The van der Waals surface area contributed by atoms with E-state index in [9.17, 15) is 4.79 Å². The van der Waals surface area contributed by atoms with Gasteiger partial charge in [-0.05, 0) is 45.6 Å². The first-order chi connectivity index (χ1) is 7.13. The van der Waals surface area contributed by atoms with Gasteiger partial charge in [-0.15, -0.1) is 0 Å². The van der Waals surface area contributed by atoms with E-state index in [4.69, 9.17) is 0 Å². The minimum Gasteiger partial charge on any atom is -0.343 e. The van der Waals surface area contributed by atoms with Crippen molar-refractivity contribution in [2.75, 3.05) is 20.1 Å². The van der Waals surface area contributed by atoms with Gasteiger partial charge in [0.05, 0.1) is 0 Å². The third-order valence-electron chi connectivity index (χ3n) is 3.98. The lowest BCUT2D eigenvalue weighted by atomic mass is 9.90. The van der Waals surface area contributed by atoms with Crippen molar-refractivity contribution in [3.63, 3.8) is 0 Å². The number of rotatable bonds is 3. The van der Waals surface area contributed by atoms with Gasteiger partial charge in [0.25, 0.3) is 0 Å². The fourth-order valence-corrected chi connectivity index (χ4v) is 2.20. The summed E-state index contributed by atoms with van der Waals surface area (Å²) in [4.78, 5) is 13.9. The molecule has 3 nitrogen and oxygen atoms in total. The zero-order valence-electron chi connectivity index (χ0n) is 9.88. The number of amides is 1. The van der Waals surface area contributed by atoms with E-state index in [2.05, 4.69) is 17.1 Å². The minimum atomic E-state index is 0.246. The van der Waals surface area contributed by atoms with Crippen LogP contribution >= 0.6 is 0 Å². The Balaban J connectivity index is 1.79. The highest BCUT2D eigenvalue weighted by atomic mass is 16.2. The first kappa shape index (κ1) is 10.9. The van der Waals surface area contributed by atoms with Crippen molar-refractivity contribution in [1.82, 2.24) is 10.2 Å². The topological polar surface area (TPSA) is 32.3 Å². The molecule has 2 rings (SSSR count). The lowest BCUT2D eigenvalue weighted by molar-refractivity contribution is -0.133. The van der Waals surface area contributed by atoms with Crippen LogP contribution in [-0.2, 0) is 4.79 Å². The predicted molar refractivity (Wildman–Crippen MR) is 60.6 cm³/mol. The van der Waals surface area contributed by atoms with Gasteiger partial charge in [0.1, 0.15) is 0 Å². The average Bonchev–Trinajstić information content (AvgIpc) is 3.03. The molecule has 15 heavy (non-hydrogen) atoms. The molecule has 0 aromatic rings. The van der Waals surface area contributed by atoms with Crippen LogP contribution in [0.4, 0.5) is 0 Å². The number of carbonyl (C=O) groups excluding carboxylic acids is 1. The van der Waals surface area contributed by atoms with E-state index in [1.165, 1.54) is 12.8 Å². The molecular formula is C12H22N2O. The number of nitrogens with zero attached hydrogens (tertiary/aromatic N) is 1. The van der Waals surface area contributed by atoms with Crippen molar-refractivity contribution < 1.29 is 4.79 Å². The highest BCUT2D eigenvalue weighted by Crippen LogP contribution is 2.33. The molecule has 1 saturated carbocycles. The van der Waals surface area contributed by atoms with Gasteiger partial charge in [-0.3, -0.25) is 4.79 Å². The predicted octanol–water partition coefficient (Wildman–Crippen LogP) is 1.39. The van der Waals surface area contributed by atoms with E-state index in [0.717, 1.165) is 38.3 Å². The number of hydrogen-bond acceptors (Lipinski definition) is 2. The molecule has 0 bridgehead atoms. The summed E-state index contributed by atoms with van der Waals surface area (Å²) < 4.78 is 0. The molecule has 1 saturated heterocycles. The molecule has 0 atom stereocenters. The van der Waals surface area contributed by atoms with Crippen molar-refractivity contribution in [2.24, 2.45) is 5.92 Å². The maximum Gasteiger partial charge on any atom is 0.222 e. The summed E-state index contributed by atoms with van der Waals surface area (Å²) in [6, 6.07) is 0. The molecule has 2 aliphatic rings. The Kier molecular flexibility index (Phi) is 3.01. The standard InChI is InChI=1S/C12H22N2O/c1-12(13-2)5-7-14(8-6-12)11(15)9-10-3-4-10/h10,13H,3-9H2,1-2H3. The van der Waals surface area contributed by atoms with Gasteiger partial charge in [0.2, 0.25) is 5.91 Å². The Labute approximate surface area is 92.2 Å². The van der Waals surface area contributed by atoms with Gasteiger partial charge in [-0.1, -0.05) is 0 Å². The molecule has 2 fully saturated rings. The molecule has 1 N–H and O–H groups in total. The second kappa shape index (κ2) is 4.12. The molecule has 0 aromatic carbocycles. The van der Waals surface area contributed by atoms with Crippen molar-refractivity contribution in [1.29, 1.82) is 0 Å². The van der Waals surface area contributed by atoms with Crippen LogP contribution in [0.5, 0.6) is 0 Å². The Morgan fingerprint density at radius 2 is 2.00 bits per heavy atom. The summed E-state index contributed by atoms with van der Waals surface area (Å²) >= 11 is 0. The van der Waals surface area contributed by atoms with Gasteiger partial charge in [0, 0.05) is 25.0 Å². The quantitative estimate of drug-likeness (QED) is 0.763. The second-order valence-electron chi connectivity index (χ2n) is 5.34. The fourth-order valence-electron chi connectivity index (χ4n) is 2.20. The average molecular weight is 210 g/mol. The summed E-state index contributed by atoms with van der Waals surface area (Å²) in [7, 11) is 2.02. The highest BCUT2D eigenvalue weighted by molar-refractivity contribution is 5.76. The molecule has 1 heterocycles. The molecule has 0 aromatic heterocycles. The lowest BCUT2D eigenvalue weighted by Crippen LogP contribution is -2.51. The molecule has 0 spiro atoms. The SMILES string of the molecule is CNC1(C)CCN(C(=O)CC2CC2)CC1. The zero-order chi connectivity index (χ0) is 10.9. The number of carbonyl (C=O) groups is 1. The number of piperidine rings is 1. The monoisotopic (exact) mass is 210 g/mol. The number of nitrogens with one attached hydrogen (secondary N) is 1. The first-order valence-corrected chi connectivity index (χ1v) is 6.10.